The molecule has 3 saturated heterocycles. The fraction of sp³-hybridized carbons (Fsp3) is 0.447. The van der Waals surface area contributed by atoms with Crippen LogP contribution in [0.2, 0.25) is 0 Å². The fourth-order valence-corrected chi connectivity index (χ4v) is 7.89. The first-order valence-electron chi connectivity index (χ1n) is 18.0. The van der Waals surface area contributed by atoms with Crippen LogP contribution in [0.25, 0.3) is 22.0 Å². The highest BCUT2D eigenvalue weighted by Gasteiger charge is 2.33. The lowest BCUT2D eigenvalue weighted by molar-refractivity contribution is -0.138. The lowest BCUT2D eigenvalue weighted by Gasteiger charge is -2.40. The van der Waals surface area contributed by atoms with Gasteiger partial charge in [-0.1, -0.05) is 0 Å². The Hall–Kier alpha value is -5.31. The maximum Gasteiger partial charge on any atom is 0.276 e. The number of carbonyl (C=O) groups is 3. The summed E-state index contributed by atoms with van der Waals surface area (Å²) < 4.78 is 38.0. The average Bonchev–Trinajstić information content (AvgIpc) is 3.65. The highest BCUT2D eigenvalue weighted by molar-refractivity contribution is 6.01. The van der Waals surface area contributed by atoms with Crippen molar-refractivity contribution in [3.63, 3.8) is 0 Å². The highest BCUT2D eigenvalue weighted by Crippen LogP contribution is 2.35. The number of hydrogen-bond donors (Lipinski definition) is 3. The Morgan fingerprint density at radius 1 is 1.02 bits per heavy atom. The average molecular weight is 731 g/mol. The smallest absolute Gasteiger partial charge is 0.276 e. The Morgan fingerprint density at radius 2 is 1.77 bits per heavy atom. The number of nitrogens with zero attached hydrogens (tertiary/aromatic N) is 5. The summed E-state index contributed by atoms with van der Waals surface area (Å²) in [5.74, 6) is -1.16. The van der Waals surface area contributed by atoms with E-state index in [2.05, 4.69) is 25.7 Å². The number of fused-ring (bicyclic) bond motifs is 1. The number of anilines is 2. The summed E-state index contributed by atoms with van der Waals surface area (Å²) in [6.45, 7) is 2.82. The van der Waals surface area contributed by atoms with Crippen LogP contribution >= 0.6 is 0 Å². The van der Waals surface area contributed by atoms with Crippen molar-refractivity contribution in [3.8, 4) is 16.9 Å². The second kappa shape index (κ2) is 15.0. The van der Waals surface area contributed by atoms with Crippen LogP contribution in [0.3, 0.4) is 0 Å². The molecular formula is C38H44F2N8O5. The number of halogens is 2. The van der Waals surface area contributed by atoms with E-state index in [-0.39, 0.29) is 35.8 Å². The van der Waals surface area contributed by atoms with E-state index in [1.54, 1.807) is 37.6 Å². The summed E-state index contributed by atoms with van der Waals surface area (Å²) >= 11 is 0. The number of imide groups is 1. The Bertz CT molecular complexity index is 2100. The van der Waals surface area contributed by atoms with Crippen molar-refractivity contribution in [1.29, 1.82) is 0 Å². The number of ether oxygens (including phenoxy) is 1. The lowest BCUT2D eigenvalue weighted by Crippen LogP contribution is -2.49. The third-order valence-electron chi connectivity index (χ3n) is 11.0. The zero-order valence-electron chi connectivity index (χ0n) is 30.1. The Balaban J connectivity index is 0.916. The van der Waals surface area contributed by atoms with Crippen LogP contribution in [0, 0.1) is 17.6 Å². The molecule has 3 amide bonds. The van der Waals surface area contributed by atoms with Gasteiger partial charge < -0.3 is 24.4 Å². The molecule has 1 unspecified atom stereocenters. The largest absolute Gasteiger partial charge is 0.496 e. The van der Waals surface area contributed by atoms with E-state index in [9.17, 15) is 19.2 Å². The number of amides is 3. The number of hydrogen-bond acceptors (Lipinski definition) is 9. The molecule has 7 rings (SSSR count). The highest BCUT2D eigenvalue weighted by atomic mass is 19.1. The van der Waals surface area contributed by atoms with Gasteiger partial charge in [-0.05, 0) is 68.0 Å². The number of aromatic amines is 1. The molecule has 3 fully saturated rings. The van der Waals surface area contributed by atoms with Crippen molar-refractivity contribution in [3.05, 3.63) is 70.3 Å². The van der Waals surface area contributed by atoms with E-state index in [0.717, 1.165) is 12.8 Å². The molecule has 0 spiro atoms. The molecule has 0 aliphatic carbocycles. The van der Waals surface area contributed by atoms with Crippen molar-refractivity contribution in [2.45, 2.75) is 57.2 Å². The van der Waals surface area contributed by atoms with Crippen LogP contribution in [0.4, 0.5) is 20.2 Å². The monoisotopic (exact) mass is 730 g/mol. The molecule has 0 bridgehead atoms. The first-order valence-corrected chi connectivity index (χ1v) is 18.0. The van der Waals surface area contributed by atoms with Gasteiger partial charge in [0.1, 0.15) is 28.9 Å². The minimum Gasteiger partial charge on any atom is -0.496 e. The number of nitrogens with one attached hydrogen (secondary N) is 3. The van der Waals surface area contributed by atoms with Gasteiger partial charge >= 0.3 is 0 Å². The van der Waals surface area contributed by atoms with Gasteiger partial charge in [0.2, 0.25) is 17.7 Å². The number of aryl methyl sites for hydroxylation is 1. The van der Waals surface area contributed by atoms with E-state index >= 15 is 8.78 Å². The summed E-state index contributed by atoms with van der Waals surface area (Å²) in [7, 11) is 5.02. The fourth-order valence-electron chi connectivity index (χ4n) is 7.89. The molecule has 4 aromatic rings. The predicted octanol–water partition coefficient (Wildman–Crippen LogP) is 3.77. The van der Waals surface area contributed by atoms with Gasteiger partial charge in [0, 0.05) is 93.6 Å². The number of H-pyrrole nitrogens is 1. The topological polar surface area (TPSA) is 145 Å². The number of rotatable bonds is 9. The summed E-state index contributed by atoms with van der Waals surface area (Å²) in [4.78, 5) is 55.6. The van der Waals surface area contributed by atoms with Crippen LogP contribution in [-0.2, 0) is 28.0 Å². The van der Waals surface area contributed by atoms with Gasteiger partial charge in [-0.2, -0.15) is 5.10 Å². The number of methoxy groups -OCH3 is 1. The molecule has 53 heavy (non-hydrogen) atoms. The number of likely N-dealkylation sites (tertiary alicyclic amines) is 1. The molecule has 0 radical (unpaired) electrons. The Labute approximate surface area is 305 Å². The second-order valence-corrected chi connectivity index (χ2v) is 14.3. The van der Waals surface area contributed by atoms with Gasteiger partial charge in [0.15, 0.2) is 0 Å². The molecule has 2 aromatic heterocycles. The summed E-state index contributed by atoms with van der Waals surface area (Å²) in [6.07, 6.45) is 6.55. The zero-order valence-corrected chi connectivity index (χ0v) is 30.1. The number of aromatic nitrogens is 3. The van der Waals surface area contributed by atoms with E-state index in [1.165, 1.54) is 23.8 Å². The quantitative estimate of drug-likeness (QED) is 0.219. The van der Waals surface area contributed by atoms with Crippen LogP contribution in [0.15, 0.2) is 47.5 Å². The summed E-state index contributed by atoms with van der Waals surface area (Å²) in [6, 6.07) is 7.52. The van der Waals surface area contributed by atoms with Crippen LogP contribution < -0.4 is 25.8 Å². The lowest BCUT2D eigenvalue weighted by atomic mass is 9.93. The molecule has 3 aliphatic heterocycles. The predicted molar refractivity (Wildman–Crippen MR) is 195 cm³/mol. The number of piperidine rings is 3. The second-order valence-electron chi connectivity index (χ2n) is 14.3. The van der Waals surface area contributed by atoms with Crippen molar-refractivity contribution < 1.29 is 27.9 Å². The summed E-state index contributed by atoms with van der Waals surface area (Å²) in [5.41, 5.74) is 2.76. The van der Waals surface area contributed by atoms with E-state index < -0.39 is 23.6 Å². The third kappa shape index (κ3) is 7.34. The van der Waals surface area contributed by atoms with E-state index in [4.69, 9.17) is 4.74 Å². The number of benzene rings is 2. The van der Waals surface area contributed by atoms with Crippen LogP contribution in [0.5, 0.6) is 5.75 Å². The maximum absolute atomic E-state index is 15.7. The number of pyridine rings is 1. The molecule has 1 atom stereocenters. The molecule has 5 heterocycles. The van der Waals surface area contributed by atoms with Crippen molar-refractivity contribution >= 4 is 40.0 Å². The minimum absolute atomic E-state index is 0.0647. The SMILES string of the molecule is COc1cc(-c2cn(C)c(=O)c3[nH]ncc23)cc(F)c1CN1CCC(N(C)C(=O)C2CCN(c3ccc(NC4CCC(=O)NC4=O)cc3F)CC2)CC1. The Kier molecular flexibility index (Phi) is 10.2. The van der Waals surface area contributed by atoms with Gasteiger partial charge in [-0.3, -0.25) is 34.5 Å². The molecule has 3 N–H and O–H groups in total. The molecule has 3 aliphatic rings. The molecule has 280 valence electrons. The normalized spacial score (nSPS) is 19.0. The molecular weight excluding hydrogens is 686 g/mol. The van der Waals surface area contributed by atoms with Crippen molar-refractivity contribution in [2.24, 2.45) is 13.0 Å². The minimum atomic E-state index is -0.594. The van der Waals surface area contributed by atoms with Crippen LogP contribution in [0.1, 0.15) is 44.1 Å². The van der Waals surface area contributed by atoms with Gasteiger partial charge in [0.05, 0.1) is 19.0 Å². The standard InChI is InChI=1S/C38H44F2N8O5/c1-45-20-27(26-19-41-44-35(26)38(45)52)23-16-29(39)28(33(17-23)53-3)21-47-12-10-25(11-13-47)46(2)37(51)22-8-14-48(15-9-22)32-6-4-24(18-30(32)40)42-31-5-7-34(49)43-36(31)50/h4,6,16-20,22,25,31,42H,5,7-15,21H2,1-3H3,(H,41,44)(H,43,49,50). The van der Waals surface area contributed by atoms with Gasteiger partial charge in [0.25, 0.3) is 5.56 Å². The summed E-state index contributed by atoms with van der Waals surface area (Å²) in [5, 5.41) is 12.7. The van der Waals surface area contributed by atoms with Gasteiger partial charge in [-0.25, -0.2) is 8.78 Å². The van der Waals surface area contributed by atoms with Crippen molar-refractivity contribution in [1.82, 2.24) is 29.9 Å². The maximum atomic E-state index is 15.7. The van der Waals surface area contributed by atoms with E-state index in [0.29, 0.717) is 96.7 Å². The third-order valence-corrected chi connectivity index (χ3v) is 11.0. The zero-order chi connectivity index (χ0) is 37.4. The van der Waals surface area contributed by atoms with Gasteiger partial charge in [-0.15, -0.1) is 0 Å². The molecule has 2 aromatic carbocycles. The molecule has 15 heteroatoms. The van der Waals surface area contributed by atoms with Crippen molar-refractivity contribution in [2.75, 3.05) is 50.6 Å². The molecule has 0 saturated carbocycles. The molecule has 13 nitrogen and oxygen atoms in total. The Morgan fingerprint density at radius 3 is 2.47 bits per heavy atom. The van der Waals surface area contributed by atoms with E-state index in [1.807, 2.05) is 16.8 Å². The van der Waals surface area contributed by atoms with Crippen LogP contribution in [-0.4, -0.2) is 94.7 Å². The first-order chi connectivity index (χ1) is 25.5. The number of carbonyl (C=O) groups excluding carboxylic acids is 3. The first kappa shape index (κ1) is 36.1.